The summed E-state index contributed by atoms with van der Waals surface area (Å²) in [5.41, 5.74) is 1.89. The molecule has 1 unspecified atom stereocenters. The van der Waals surface area contributed by atoms with Crippen LogP contribution in [0, 0.1) is 6.92 Å². The van der Waals surface area contributed by atoms with Crippen molar-refractivity contribution in [2.75, 3.05) is 54.4 Å². The third kappa shape index (κ3) is 4.96. The summed E-state index contributed by atoms with van der Waals surface area (Å²) in [6.07, 6.45) is 0.527. The highest BCUT2D eigenvalue weighted by molar-refractivity contribution is 7.91. The van der Waals surface area contributed by atoms with Crippen molar-refractivity contribution in [1.29, 1.82) is 0 Å². The van der Waals surface area contributed by atoms with Crippen LogP contribution >= 0.6 is 11.6 Å². The predicted octanol–water partition coefficient (Wildman–Crippen LogP) is 1.97. The number of aromatic nitrogens is 2. The summed E-state index contributed by atoms with van der Waals surface area (Å²) < 4.78 is 25.3. The van der Waals surface area contributed by atoms with Crippen LogP contribution in [-0.2, 0) is 14.6 Å². The summed E-state index contributed by atoms with van der Waals surface area (Å²) in [6.45, 7) is 5.38. The lowest BCUT2D eigenvalue weighted by atomic mass is 10.2. The van der Waals surface area contributed by atoms with E-state index in [0.717, 1.165) is 42.6 Å². The van der Waals surface area contributed by atoms with Crippen molar-refractivity contribution in [2.45, 2.75) is 19.4 Å². The molecule has 8 nitrogen and oxygen atoms in total. The molecular weight excluding hydrogens is 426 g/mol. The van der Waals surface area contributed by atoms with E-state index in [1.165, 1.54) is 0 Å². The summed E-state index contributed by atoms with van der Waals surface area (Å²) in [6, 6.07) is 9.37. The van der Waals surface area contributed by atoms with E-state index < -0.39 is 9.84 Å². The normalized spacial score (nSPS) is 21.7. The first-order chi connectivity index (χ1) is 14.3. The van der Waals surface area contributed by atoms with Gasteiger partial charge in [0.05, 0.1) is 29.8 Å². The largest absolute Gasteiger partial charge is 0.369 e. The van der Waals surface area contributed by atoms with Gasteiger partial charge < -0.3 is 10.2 Å². The van der Waals surface area contributed by atoms with E-state index in [1.807, 2.05) is 31.2 Å². The van der Waals surface area contributed by atoms with Crippen molar-refractivity contribution >= 4 is 38.9 Å². The molecule has 2 fully saturated rings. The zero-order chi connectivity index (χ0) is 21.3. The molecule has 1 aromatic carbocycles. The Morgan fingerprint density at radius 2 is 1.90 bits per heavy atom. The topological polar surface area (TPSA) is 87.5 Å². The predicted molar refractivity (Wildman–Crippen MR) is 118 cm³/mol. The number of hydrogen-bond acceptors (Lipinski definition) is 6. The fraction of sp³-hybridized carbons (Fsp3) is 0.500. The Kier molecular flexibility index (Phi) is 6.04. The molecule has 0 spiro atoms. The van der Waals surface area contributed by atoms with Gasteiger partial charge in [-0.25, -0.2) is 13.1 Å². The summed E-state index contributed by atoms with van der Waals surface area (Å²) in [4.78, 5) is 17.0. The van der Waals surface area contributed by atoms with Crippen LogP contribution in [0.15, 0.2) is 30.3 Å². The van der Waals surface area contributed by atoms with Gasteiger partial charge in [0.2, 0.25) is 5.91 Å². The molecule has 4 rings (SSSR count). The Bertz CT molecular complexity index is 1010. The number of carbonyl (C=O) groups is 1. The number of benzene rings is 1. The van der Waals surface area contributed by atoms with E-state index in [0.29, 0.717) is 18.8 Å². The number of rotatable bonds is 5. The molecule has 1 N–H and O–H groups in total. The number of anilines is 2. The van der Waals surface area contributed by atoms with E-state index in [-0.39, 0.29) is 23.5 Å². The maximum atomic E-state index is 12.6. The summed E-state index contributed by atoms with van der Waals surface area (Å²) in [5, 5.41) is 8.07. The van der Waals surface area contributed by atoms with Crippen LogP contribution in [-0.4, -0.2) is 73.2 Å². The molecule has 162 valence electrons. The van der Waals surface area contributed by atoms with Gasteiger partial charge in [0.25, 0.3) is 0 Å². The number of piperazine rings is 1. The maximum Gasteiger partial charge on any atom is 0.239 e. The Hall–Kier alpha value is -2.10. The molecule has 0 aliphatic carbocycles. The fourth-order valence-corrected chi connectivity index (χ4v) is 5.88. The van der Waals surface area contributed by atoms with Crippen molar-refractivity contribution in [3.63, 3.8) is 0 Å². The summed E-state index contributed by atoms with van der Waals surface area (Å²) in [5.74, 6) is 0.697. The monoisotopic (exact) mass is 451 g/mol. The van der Waals surface area contributed by atoms with E-state index in [9.17, 15) is 13.2 Å². The average molecular weight is 452 g/mol. The van der Waals surface area contributed by atoms with Crippen LogP contribution < -0.4 is 10.2 Å². The molecular formula is C20H26ClN5O3S. The quantitative estimate of drug-likeness (QED) is 0.747. The molecule has 2 aliphatic heterocycles. The zero-order valence-electron chi connectivity index (χ0n) is 16.9. The van der Waals surface area contributed by atoms with Crippen LogP contribution in [0.5, 0.6) is 0 Å². The number of nitrogens with zero attached hydrogens (tertiary/aromatic N) is 4. The molecule has 0 radical (unpaired) electrons. The minimum atomic E-state index is -3.03. The maximum absolute atomic E-state index is 12.6. The SMILES string of the molecule is Cc1cc(NC(=O)CN2CCN(c3ccc(Cl)cc3)CC2)n(C2CCS(=O)(=O)C2)n1. The second kappa shape index (κ2) is 8.56. The Morgan fingerprint density at radius 1 is 1.20 bits per heavy atom. The minimum absolute atomic E-state index is 0.0731. The molecule has 2 aliphatic rings. The van der Waals surface area contributed by atoms with Crippen molar-refractivity contribution in [2.24, 2.45) is 0 Å². The highest BCUT2D eigenvalue weighted by Gasteiger charge is 2.31. The first-order valence-electron chi connectivity index (χ1n) is 10.1. The van der Waals surface area contributed by atoms with Crippen LogP contribution in [0.25, 0.3) is 0 Å². The summed E-state index contributed by atoms with van der Waals surface area (Å²) >= 11 is 5.96. The molecule has 2 aromatic rings. The van der Waals surface area contributed by atoms with E-state index in [1.54, 1.807) is 10.7 Å². The van der Waals surface area contributed by atoms with E-state index in [4.69, 9.17) is 11.6 Å². The lowest BCUT2D eigenvalue weighted by Gasteiger charge is -2.35. The van der Waals surface area contributed by atoms with Crippen LogP contribution in [0.4, 0.5) is 11.5 Å². The smallest absolute Gasteiger partial charge is 0.239 e. The van der Waals surface area contributed by atoms with Crippen molar-refractivity contribution in [1.82, 2.24) is 14.7 Å². The van der Waals surface area contributed by atoms with Gasteiger partial charge in [-0.1, -0.05) is 11.6 Å². The molecule has 30 heavy (non-hydrogen) atoms. The van der Waals surface area contributed by atoms with Gasteiger partial charge in [0.15, 0.2) is 9.84 Å². The van der Waals surface area contributed by atoms with Gasteiger partial charge in [-0.3, -0.25) is 9.69 Å². The Morgan fingerprint density at radius 3 is 2.53 bits per heavy atom. The number of amides is 1. The van der Waals surface area contributed by atoms with Gasteiger partial charge in [-0.05, 0) is 37.6 Å². The first-order valence-corrected chi connectivity index (χ1v) is 12.3. The molecule has 10 heteroatoms. The van der Waals surface area contributed by atoms with Gasteiger partial charge in [0.1, 0.15) is 5.82 Å². The fourth-order valence-electron chi connectivity index (χ4n) is 4.06. The molecule has 1 amide bonds. The highest BCUT2D eigenvalue weighted by Crippen LogP contribution is 2.27. The molecule has 1 atom stereocenters. The third-order valence-corrected chi connectivity index (χ3v) is 7.61. The van der Waals surface area contributed by atoms with Gasteiger partial charge in [-0.2, -0.15) is 5.10 Å². The minimum Gasteiger partial charge on any atom is -0.369 e. The van der Waals surface area contributed by atoms with Crippen LogP contribution in [0.2, 0.25) is 5.02 Å². The van der Waals surface area contributed by atoms with Crippen LogP contribution in [0.3, 0.4) is 0 Å². The number of aryl methyl sites for hydroxylation is 1. The van der Waals surface area contributed by atoms with E-state index in [2.05, 4.69) is 20.2 Å². The average Bonchev–Trinajstić information content (AvgIpc) is 3.24. The number of nitrogens with one attached hydrogen (secondary N) is 1. The second-order valence-electron chi connectivity index (χ2n) is 7.96. The lowest BCUT2D eigenvalue weighted by Crippen LogP contribution is -2.48. The Labute approximate surface area is 181 Å². The molecule has 1 aromatic heterocycles. The van der Waals surface area contributed by atoms with Gasteiger partial charge >= 0.3 is 0 Å². The van der Waals surface area contributed by atoms with Crippen molar-refractivity contribution in [3.8, 4) is 0 Å². The first kappa shape index (κ1) is 21.1. The Balaban J connectivity index is 1.32. The number of halogens is 1. The standard InChI is InChI=1S/C20H26ClN5O3S/c1-15-12-19(26(23-15)18-6-11-30(28,29)14-18)22-20(27)13-24-7-9-25(10-8-24)17-4-2-16(21)3-5-17/h2-5,12,18H,6-11,13-14H2,1H3,(H,22,27). The molecule has 0 saturated carbocycles. The molecule has 3 heterocycles. The third-order valence-electron chi connectivity index (χ3n) is 5.61. The number of carbonyl (C=O) groups excluding carboxylic acids is 1. The van der Waals surface area contributed by atoms with Crippen LogP contribution in [0.1, 0.15) is 18.2 Å². The highest BCUT2D eigenvalue weighted by atomic mass is 35.5. The molecule has 0 bridgehead atoms. The van der Waals surface area contributed by atoms with Gasteiger partial charge in [-0.15, -0.1) is 0 Å². The molecule has 2 saturated heterocycles. The van der Waals surface area contributed by atoms with Crippen molar-refractivity contribution in [3.05, 3.63) is 41.0 Å². The number of hydrogen-bond donors (Lipinski definition) is 1. The number of sulfone groups is 1. The van der Waals surface area contributed by atoms with E-state index >= 15 is 0 Å². The zero-order valence-corrected chi connectivity index (χ0v) is 18.5. The van der Waals surface area contributed by atoms with Crippen molar-refractivity contribution < 1.29 is 13.2 Å². The lowest BCUT2D eigenvalue weighted by molar-refractivity contribution is -0.117. The second-order valence-corrected chi connectivity index (χ2v) is 10.6. The van der Waals surface area contributed by atoms with Gasteiger partial charge in [0, 0.05) is 43.0 Å². The summed E-state index contributed by atoms with van der Waals surface area (Å²) in [7, 11) is -3.03.